The Morgan fingerprint density at radius 1 is 1.60 bits per heavy atom. The lowest BCUT2D eigenvalue weighted by atomic mass is 10.2. The first-order valence-electron chi connectivity index (χ1n) is 3.67. The molecular formula is C8H11S2+. The molecule has 1 aliphatic heterocycles. The fourth-order valence-corrected chi connectivity index (χ4v) is 3.80. The second kappa shape index (κ2) is 2.97. The molecule has 1 atom stereocenters. The highest BCUT2D eigenvalue weighted by Crippen LogP contribution is 2.31. The molecule has 1 aromatic heterocycles. The van der Waals surface area contributed by atoms with Crippen LogP contribution in [0, 0.1) is 0 Å². The fraction of sp³-hybridized carbons (Fsp3) is 0.500. The Hall–Kier alpha value is 0.0500. The summed E-state index contributed by atoms with van der Waals surface area (Å²) in [7, 11) is 0. The van der Waals surface area contributed by atoms with E-state index in [1.165, 1.54) is 18.6 Å². The molecule has 54 valence electrons. The van der Waals surface area contributed by atoms with Crippen LogP contribution in [0.15, 0.2) is 17.5 Å². The number of thiophene rings is 1. The monoisotopic (exact) mass is 171 g/mol. The first-order valence-corrected chi connectivity index (χ1v) is 5.70. The van der Waals surface area contributed by atoms with Gasteiger partial charge >= 0.3 is 0 Å². The lowest BCUT2D eigenvalue weighted by molar-refractivity contribution is 0.840. The maximum Gasteiger partial charge on any atom is 0.150 e. The Balaban J connectivity index is 2.12. The lowest BCUT2D eigenvalue weighted by Crippen LogP contribution is -1.88. The first-order chi connectivity index (χ1) is 4.97. The fourth-order valence-electron chi connectivity index (χ4n) is 1.34. The topological polar surface area (TPSA) is 0 Å². The number of rotatable bonds is 1. The summed E-state index contributed by atoms with van der Waals surface area (Å²) < 4.78 is 0. The van der Waals surface area contributed by atoms with Crippen molar-refractivity contribution in [2.75, 3.05) is 5.75 Å². The van der Waals surface area contributed by atoms with Gasteiger partial charge in [0.1, 0.15) is 11.0 Å². The molecule has 0 bridgehead atoms. The number of hydrogen-bond donors (Lipinski definition) is 0. The second-order valence-corrected chi connectivity index (χ2v) is 4.99. The molecule has 0 saturated carbocycles. The van der Waals surface area contributed by atoms with Gasteiger partial charge in [-0.05, 0) is 29.6 Å². The van der Waals surface area contributed by atoms with Crippen LogP contribution in [0.4, 0.5) is 0 Å². The standard InChI is InChI=1S/C8H10S2/c1-3-7(9-5-1)8-4-2-6-10-8/h1,3,5,8H,2,4,6H2/p+1. The Kier molecular flexibility index (Phi) is 2.00. The minimum absolute atomic E-state index is 0.889. The zero-order chi connectivity index (χ0) is 6.81. The Morgan fingerprint density at radius 2 is 2.60 bits per heavy atom. The minimum atomic E-state index is 0.889. The van der Waals surface area contributed by atoms with E-state index in [1.807, 2.05) is 11.3 Å². The molecule has 10 heavy (non-hydrogen) atoms. The summed E-state index contributed by atoms with van der Waals surface area (Å²) in [5, 5.41) is 3.07. The average molecular weight is 171 g/mol. The summed E-state index contributed by atoms with van der Waals surface area (Å²) in [6, 6.07) is 4.43. The smallest absolute Gasteiger partial charge is 0.144 e. The Bertz CT molecular complexity index is 185. The molecular weight excluding hydrogens is 160 g/mol. The Labute approximate surface area is 69.6 Å². The summed E-state index contributed by atoms with van der Waals surface area (Å²) in [6.07, 6.45) is 2.85. The van der Waals surface area contributed by atoms with Gasteiger partial charge in [0.15, 0.2) is 0 Å². The lowest BCUT2D eigenvalue weighted by Gasteiger charge is -1.95. The van der Waals surface area contributed by atoms with Gasteiger partial charge in [-0.15, -0.1) is 11.3 Å². The van der Waals surface area contributed by atoms with E-state index in [0.29, 0.717) is 0 Å². The van der Waals surface area contributed by atoms with Gasteiger partial charge in [0.25, 0.3) is 0 Å². The van der Waals surface area contributed by atoms with Crippen molar-refractivity contribution >= 4 is 23.1 Å². The maximum absolute atomic E-state index is 2.27. The van der Waals surface area contributed by atoms with Crippen LogP contribution in [-0.2, 0) is 11.8 Å². The molecule has 0 radical (unpaired) electrons. The molecule has 2 heterocycles. The van der Waals surface area contributed by atoms with Crippen LogP contribution in [-0.4, -0.2) is 5.75 Å². The molecule has 1 fully saturated rings. The van der Waals surface area contributed by atoms with Crippen LogP contribution in [0.3, 0.4) is 0 Å². The first kappa shape index (κ1) is 6.74. The highest BCUT2D eigenvalue weighted by Gasteiger charge is 2.25. The summed E-state index contributed by atoms with van der Waals surface area (Å²) in [5.74, 6) is 1.42. The third kappa shape index (κ3) is 1.23. The van der Waals surface area contributed by atoms with E-state index >= 15 is 0 Å². The molecule has 0 nitrogen and oxygen atoms in total. The van der Waals surface area contributed by atoms with Crippen LogP contribution in [0.2, 0.25) is 0 Å². The summed E-state index contributed by atoms with van der Waals surface area (Å²) >= 11 is 3.57. The van der Waals surface area contributed by atoms with Gasteiger partial charge in [0.05, 0.1) is 4.88 Å². The highest BCUT2D eigenvalue weighted by molar-refractivity contribution is 7.79. The van der Waals surface area contributed by atoms with Crippen LogP contribution < -0.4 is 0 Å². The quantitative estimate of drug-likeness (QED) is 0.449. The SMILES string of the molecule is c1csc(C2CCC[SH+]2)c1. The van der Waals surface area contributed by atoms with Gasteiger partial charge in [0.2, 0.25) is 0 Å². The molecule has 0 spiro atoms. The van der Waals surface area contributed by atoms with Crippen LogP contribution in [0.1, 0.15) is 23.0 Å². The van der Waals surface area contributed by atoms with Crippen LogP contribution >= 0.6 is 11.3 Å². The van der Waals surface area contributed by atoms with Crippen molar-refractivity contribution in [1.29, 1.82) is 0 Å². The molecule has 2 heteroatoms. The van der Waals surface area contributed by atoms with E-state index in [1.54, 1.807) is 16.6 Å². The summed E-state index contributed by atoms with van der Waals surface area (Å²) in [6.45, 7) is 0. The molecule has 0 aromatic carbocycles. The van der Waals surface area contributed by atoms with Crippen molar-refractivity contribution in [1.82, 2.24) is 0 Å². The summed E-state index contributed by atoms with van der Waals surface area (Å²) in [5.41, 5.74) is 0. The van der Waals surface area contributed by atoms with Crippen molar-refractivity contribution in [3.05, 3.63) is 22.4 Å². The second-order valence-electron chi connectivity index (χ2n) is 2.58. The predicted octanol–water partition coefficient (Wildman–Crippen LogP) is 2.40. The normalized spacial score (nSPS) is 25.4. The third-order valence-corrected chi connectivity index (χ3v) is 4.57. The molecule has 1 aliphatic rings. The van der Waals surface area contributed by atoms with Crippen molar-refractivity contribution in [2.45, 2.75) is 18.1 Å². The van der Waals surface area contributed by atoms with Gasteiger partial charge in [-0.2, -0.15) is 0 Å². The maximum atomic E-state index is 2.27. The molecule has 0 amide bonds. The zero-order valence-electron chi connectivity index (χ0n) is 5.79. The number of thiol groups is 1. The van der Waals surface area contributed by atoms with E-state index in [9.17, 15) is 0 Å². The third-order valence-electron chi connectivity index (χ3n) is 1.86. The van der Waals surface area contributed by atoms with Gasteiger partial charge in [0, 0.05) is 6.42 Å². The van der Waals surface area contributed by atoms with E-state index in [2.05, 4.69) is 17.5 Å². The molecule has 1 saturated heterocycles. The molecule has 0 N–H and O–H groups in total. The molecule has 1 aromatic rings. The van der Waals surface area contributed by atoms with E-state index in [-0.39, 0.29) is 0 Å². The number of hydrogen-bond acceptors (Lipinski definition) is 1. The van der Waals surface area contributed by atoms with Gasteiger partial charge < -0.3 is 0 Å². The van der Waals surface area contributed by atoms with E-state index < -0.39 is 0 Å². The predicted molar refractivity (Wildman–Crippen MR) is 49.9 cm³/mol. The van der Waals surface area contributed by atoms with Crippen molar-refractivity contribution in [3.8, 4) is 0 Å². The minimum Gasteiger partial charge on any atom is -0.144 e. The van der Waals surface area contributed by atoms with Gasteiger partial charge in [-0.25, -0.2) is 0 Å². The largest absolute Gasteiger partial charge is 0.150 e. The van der Waals surface area contributed by atoms with Crippen molar-refractivity contribution in [2.24, 2.45) is 0 Å². The molecule has 0 aliphatic carbocycles. The molecule has 1 unspecified atom stereocenters. The van der Waals surface area contributed by atoms with Crippen LogP contribution in [0.25, 0.3) is 0 Å². The van der Waals surface area contributed by atoms with Gasteiger partial charge in [-0.3, -0.25) is 0 Å². The zero-order valence-corrected chi connectivity index (χ0v) is 7.50. The Morgan fingerprint density at radius 3 is 3.20 bits per heavy atom. The average Bonchev–Trinajstić information content (AvgIpc) is 2.59. The van der Waals surface area contributed by atoms with E-state index in [0.717, 1.165) is 5.25 Å². The summed E-state index contributed by atoms with van der Waals surface area (Å²) in [4.78, 5) is 1.60. The molecule has 2 rings (SSSR count). The van der Waals surface area contributed by atoms with Crippen molar-refractivity contribution in [3.63, 3.8) is 0 Å². The van der Waals surface area contributed by atoms with Crippen molar-refractivity contribution < 1.29 is 0 Å². The van der Waals surface area contributed by atoms with Crippen LogP contribution in [0.5, 0.6) is 0 Å². The van der Waals surface area contributed by atoms with E-state index in [4.69, 9.17) is 0 Å². The highest BCUT2D eigenvalue weighted by atomic mass is 32.2. The van der Waals surface area contributed by atoms with Gasteiger partial charge in [-0.1, -0.05) is 6.07 Å².